The van der Waals surface area contributed by atoms with Gasteiger partial charge in [0.25, 0.3) is 0 Å². The zero-order valence-corrected chi connectivity index (χ0v) is 12.0. The first kappa shape index (κ1) is 17.7. The maximum Gasteiger partial charge on any atom is 0.0399 e. The van der Waals surface area contributed by atoms with Gasteiger partial charge in [-0.15, -0.1) is 23.2 Å². The Hall–Kier alpha value is 0.320. The molecule has 0 aromatic carbocycles. The van der Waals surface area contributed by atoms with Crippen LogP contribution in [0, 0.1) is 5.92 Å². The van der Waals surface area contributed by atoms with Gasteiger partial charge in [0.2, 0.25) is 0 Å². The quantitative estimate of drug-likeness (QED) is 0.745. The fraction of sp³-hybridized carbons (Fsp3) is 0.500. The van der Waals surface area contributed by atoms with E-state index in [4.69, 9.17) is 0 Å². The lowest BCUT2D eigenvalue weighted by atomic mass is 9.91. The van der Waals surface area contributed by atoms with Crippen LogP contribution in [-0.2, 0) is 11.8 Å². The predicted molar refractivity (Wildman–Crippen MR) is 69.7 cm³/mol. The van der Waals surface area contributed by atoms with Gasteiger partial charge in [0.15, 0.2) is 0 Å². The van der Waals surface area contributed by atoms with Crippen LogP contribution in [0.15, 0.2) is 24.3 Å². The third-order valence-corrected chi connectivity index (χ3v) is 5.80. The van der Waals surface area contributed by atoms with Crippen molar-refractivity contribution in [3.8, 4) is 0 Å². The van der Waals surface area contributed by atoms with E-state index in [9.17, 15) is 9.79 Å². The molecule has 1 aliphatic rings. The number of hydrogen-bond donors (Lipinski definition) is 2. The average Bonchev–Trinajstić information content (AvgIpc) is 1.92. The van der Waals surface area contributed by atoms with Crippen LogP contribution >= 0.6 is 17.1 Å². The van der Waals surface area contributed by atoms with E-state index in [2.05, 4.69) is 11.8 Å². The van der Waals surface area contributed by atoms with Gasteiger partial charge >= 0.3 is 0 Å². The van der Waals surface area contributed by atoms with Crippen LogP contribution in [0.3, 0.4) is 0 Å². The lowest BCUT2D eigenvalue weighted by Gasteiger charge is -2.44. The topological polar surface area (TPSA) is 119 Å². The normalized spacial score (nSPS) is 29.2. The van der Waals surface area contributed by atoms with Crippen LogP contribution in [0.5, 0.6) is 0 Å². The summed E-state index contributed by atoms with van der Waals surface area (Å²) < 4.78 is -0.409. The van der Waals surface area contributed by atoms with Crippen LogP contribution in [-0.4, -0.2) is 4.75 Å². The van der Waals surface area contributed by atoms with Crippen LogP contribution in [0.25, 0.3) is 0 Å². The van der Waals surface area contributed by atoms with Crippen LogP contribution in [0.4, 0.5) is 0 Å². The second kappa shape index (κ2) is 6.15. The molecule has 1 rings (SSSR count). The Kier molecular flexibility index (Phi) is 7.26. The Morgan fingerprint density at radius 1 is 1.33 bits per heavy atom. The highest BCUT2D eigenvalue weighted by Crippen LogP contribution is 2.54. The molecule has 0 saturated carbocycles. The molecule has 2 atom stereocenters. The molecule has 7 heteroatoms. The summed E-state index contributed by atoms with van der Waals surface area (Å²) in [6, 6.07) is 0. The van der Waals surface area contributed by atoms with Gasteiger partial charge in [0.05, 0.1) is 0 Å². The van der Waals surface area contributed by atoms with E-state index in [1.807, 2.05) is 38.2 Å². The first-order valence-corrected chi connectivity index (χ1v) is 7.98. The minimum absolute atomic E-state index is 0. The third-order valence-electron chi connectivity index (χ3n) is 2.15. The van der Waals surface area contributed by atoms with E-state index in [-0.39, 0.29) is 18.2 Å². The molecule has 90 valence electrons. The zero-order chi connectivity index (χ0) is 10.1. The van der Waals surface area contributed by atoms with E-state index in [0.717, 1.165) is 11.4 Å². The molecule has 0 radical (unpaired) electrons. The molecule has 0 heterocycles. The van der Waals surface area contributed by atoms with Gasteiger partial charge in [0, 0.05) is 4.75 Å². The average molecular weight is 270 g/mol. The molecule has 0 spiro atoms. The molecule has 0 amide bonds. The summed E-state index contributed by atoms with van der Waals surface area (Å²) in [5, 5.41) is 0. The highest BCUT2D eigenvalue weighted by atomic mass is 32.9. The summed E-state index contributed by atoms with van der Waals surface area (Å²) in [5.41, 5.74) is -3.67. The molecule has 0 aromatic heterocycles. The smallest absolute Gasteiger partial charge is 0.0399 e. The van der Waals surface area contributed by atoms with Gasteiger partial charge in [-0.25, -0.2) is 0 Å². The molecule has 0 saturated heterocycles. The molecule has 0 bridgehead atoms. The number of rotatable bonds is 2. The van der Waals surface area contributed by atoms with Crippen molar-refractivity contribution in [2.24, 2.45) is 5.92 Å². The number of allylic oxidation sites excluding steroid dienone is 3. The van der Waals surface area contributed by atoms with E-state index in [1.165, 1.54) is 0 Å². The SMILES string of the molecule is CC1C=CC=CC1(C)SP([O-])([O-])=S.[NH4+].[NH4+]. The molecule has 0 aliphatic heterocycles. The van der Waals surface area contributed by atoms with Gasteiger partial charge < -0.3 is 22.1 Å². The fourth-order valence-corrected chi connectivity index (χ4v) is 5.61. The van der Waals surface area contributed by atoms with Gasteiger partial charge in [-0.3, -0.25) is 0 Å². The van der Waals surface area contributed by atoms with Gasteiger partial charge in [-0.1, -0.05) is 31.2 Å². The van der Waals surface area contributed by atoms with Gasteiger partial charge in [-0.2, -0.15) is 5.69 Å². The van der Waals surface area contributed by atoms with E-state index in [1.54, 1.807) is 0 Å². The molecule has 0 aromatic rings. The van der Waals surface area contributed by atoms with E-state index in [0.29, 0.717) is 0 Å². The number of hydrogen-bond acceptors (Lipinski definition) is 4. The summed E-state index contributed by atoms with van der Waals surface area (Å²) >= 11 is 5.26. The lowest BCUT2D eigenvalue weighted by Crippen LogP contribution is -2.29. The number of quaternary nitrogens is 2. The molecular formula is C8H19N2O2PS2. The molecule has 8 N–H and O–H groups in total. The highest BCUT2D eigenvalue weighted by Gasteiger charge is 2.28. The second-order valence-corrected chi connectivity index (χ2v) is 9.34. The van der Waals surface area contributed by atoms with Crippen molar-refractivity contribution in [3.63, 3.8) is 0 Å². The minimum atomic E-state index is -3.67. The van der Waals surface area contributed by atoms with Crippen molar-refractivity contribution in [1.29, 1.82) is 0 Å². The zero-order valence-electron chi connectivity index (χ0n) is 9.47. The van der Waals surface area contributed by atoms with Crippen molar-refractivity contribution >= 4 is 28.9 Å². The maximum atomic E-state index is 11.0. The van der Waals surface area contributed by atoms with Crippen molar-refractivity contribution in [3.05, 3.63) is 24.3 Å². The van der Waals surface area contributed by atoms with Crippen LogP contribution < -0.4 is 22.1 Å². The first-order chi connectivity index (χ1) is 5.83. The first-order valence-electron chi connectivity index (χ1n) is 3.92. The molecule has 1 aliphatic carbocycles. The summed E-state index contributed by atoms with van der Waals surface area (Å²) in [4.78, 5) is 22.0. The molecule has 0 fully saturated rings. The predicted octanol–water partition coefficient (Wildman–Crippen LogP) is 1.94. The lowest BCUT2D eigenvalue weighted by molar-refractivity contribution is -0.284. The second-order valence-electron chi connectivity index (χ2n) is 3.26. The van der Waals surface area contributed by atoms with Gasteiger partial charge in [0.1, 0.15) is 0 Å². The molecule has 4 nitrogen and oxygen atoms in total. The van der Waals surface area contributed by atoms with Crippen LogP contribution in [0.1, 0.15) is 13.8 Å². The Balaban J connectivity index is 0. The van der Waals surface area contributed by atoms with E-state index >= 15 is 0 Å². The minimum Gasteiger partial charge on any atom is -0.825 e. The van der Waals surface area contributed by atoms with E-state index < -0.39 is 10.4 Å². The van der Waals surface area contributed by atoms with Crippen molar-refractivity contribution in [1.82, 2.24) is 12.3 Å². The highest BCUT2D eigenvalue weighted by molar-refractivity contribution is 8.66. The van der Waals surface area contributed by atoms with Crippen molar-refractivity contribution in [2.75, 3.05) is 0 Å². The van der Waals surface area contributed by atoms with Crippen LogP contribution in [0.2, 0.25) is 0 Å². The third kappa shape index (κ3) is 5.26. The molecular weight excluding hydrogens is 251 g/mol. The summed E-state index contributed by atoms with van der Waals surface area (Å²) in [5.74, 6) is 0.188. The van der Waals surface area contributed by atoms with Crippen molar-refractivity contribution < 1.29 is 9.79 Å². The Labute approximate surface area is 99.9 Å². The summed E-state index contributed by atoms with van der Waals surface area (Å²) in [6.07, 6.45) is 7.65. The standard InChI is InChI=1S/C8H13O2PS2.2H3N/c1-7-5-3-4-6-8(7,2)13-11(9,10)12;;/h3-7H,1-2H3,(H2,9,10,12);2*1H3. The Morgan fingerprint density at radius 2 is 1.87 bits per heavy atom. The largest absolute Gasteiger partial charge is 0.825 e. The van der Waals surface area contributed by atoms with Crippen molar-refractivity contribution in [2.45, 2.75) is 18.6 Å². The summed E-state index contributed by atoms with van der Waals surface area (Å²) in [7, 11) is 0. The Bertz CT molecular complexity index is 303. The molecule has 2 unspecified atom stereocenters. The summed E-state index contributed by atoms with van der Waals surface area (Å²) in [6.45, 7) is 3.87. The fourth-order valence-electron chi connectivity index (χ4n) is 1.17. The monoisotopic (exact) mass is 270 g/mol. The maximum absolute atomic E-state index is 11.0. The molecule has 15 heavy (non-hydrogen) atoms. The van der Waals surface area contributed by atoms with Gasteiger partial charge in [-0.05, 0) is 12.8 Å². The Morgan fingerprint density at radius 3 is 2.27 bits per heavy atom.